The smallest absolute Gasteiger partial charge is 0.251 e. The molecule has 4 nitrogen and oxygen atoms in total. The number of rotatable bonds is 5. The van der Waals surface area contributed by atoms with Crippen LogP contribution >= 0.6 is 8.53 Å². The van der Waals surface area contributed by atoms with Crippen LogP contribution in [0.5, 0.6) is 0 Å². The molecule has 0 aliphatic carbocycles. The Kier molecular flexibility index (Phi) is 5.97. The van der Waals surface area contributed by atoms with Gasteiger partial charge in [0.2, 0.25) is 0 Å². The van der Waals surface area contributed by atoms with E-state index in [1.807, 2.05) is 0 Å². The highest BCUT2D eigenvalue weighted by Crippen LogP contribution is 2.20. The van der Waals surface area contributed by atoms with Gasteiger partial charge in [-0.15, -0.1) is 0 Å². The summed E-state index contributed by atoms with van der Waals surface area (Å²) in [5.41, 5.74) is 5.11. The molecule has 74 valence electrons. The first-order chi connectivity index (χ1) is 5.45. The molecule has 0 bridgehead atoms. The molecule has 0 saturated carbocycles. The summed E-state index contributed by atoms with van der Waals surface area (Å²) in [5.74, 6) is 0. The summed E-state index contributed by atoms with van der Waals surface area (Å²) in [4.78, 5) is 10.9. The van der Waals surface area contributed by atoms with Gasteiger partial charge in [0.05, 0.1) is 0 Å². The normalized spacial score (nSPS) is 14.8. The van der Waals surface area contributed by atoms with E-state index in [1.165, 1.54) is 0 Å². The first-order valence-electron chi connectivity index (χ1n) is 4.07. The summed E-state index contributed by atoms with van der Waals surface area (Å²) in [6.07, 6.45) is 0. The van der Waals surface area contributed by atoms with Crippen LogP contribution in [0.25, 0.3) is 0 Å². The van der Waals surface area contributed by atoms with E-state index in [2.05, 4.69) is 32.6 Å². The van der Waals surface area contributed by atoms with Gasteiger partial charge < -0.3 is 9.42 Å². The molecule has 5 heteroatoms. The Bertz CT molecular complexity index is 112. The molecule has 0 rings (SSSR count). The minimum atomic E-state index is -1.72. The van der Waals surface area contributed by atoms with E-state index in [-0.39, 0.29) is 0 Å². The first-order valence-corrected chi connectivity index (χ1v) is 5.35. The number of nitrogens with two attached hydrogens (primary N) is 1. The maximum Gasteiger partial charge on any atom is 0.251 e. The summed E-state index contributed by atoms with van der Waals surface area (Å²) in [6.45, 7) is 8.73. The van der Waals surface area contributed by atoms with Crippen LogP contribution in [0.3, 0.4) is 0 Å². The zero-order chi connectivity index (χ0) is 9.72. The molecule has 0 aromatic heterocycles. The standard InChI is InChI=1S/C7H19N2O2P/c1-6(2)9(7(3)4)5-11-12(8)10/h6-7,10H,5,8H2,1-4H3. The topological polar surface area (TPSA) is 58.7 Å². The van der Waals surface area contributed by atoms with Crippen molar-refractivity contribution in [2.24, 2.45) is 5.50 Å². The van der Waals surface area contributed by atoms with Gasteiger partial charge in [0.15, 0.2) is 0 Å². The second-order valence-corrected chi connectivity index (χ2v) is 4.13. The van der Waals surface area contributed by atoms with Crippen LogP contribution in [-0.4, -0.2) is 28.6 Å². The largest absolute Gasteiger partial charge is 0.338 e. The molecule has 1 unspecified atom stereocenters. The van der Waals surface area contributed by atoms with Crippen molar-refractivity contribution < 1.29 is 9.42 Å². The quantitative estimate of drug-likeness (QED) is 0.511. The van der Waals surface area contributed by atoms with Crippen LogP contribution in [0.1, 0.15) is 27.7 Å². The second-order valence-electron chi connectivity index (χ2n) is 3.26. The van der Waals surface area contributed by atoms with Crippen molar-refractivity contribution in [3.8, 4) is 0 Å². The van der Waals surface area contributed by atoms with Crippen molar-refractivity contribution in [1.29, 1.82) is 0 Å². The Labute approximate surface area is 75.7 Å². The van der Waals surface area contributed by atoms with E-state index in [4.69, 9.17) is 14.9 Å². The fourth-order valence-electron chi connectivity index (χ4n) is 1.02. The molecule has 0 saturated heterocycles. The fraction of sp³-hybridized carbons (Fsp3) is 1.00. The predicted octanol–water partition coefficient (Wildman–Crippen LogP) is 1.26. The zero-order valence-electron chi connectivity index (χ0n) is 8.19. The van der Waals surface area contributed by atoms with Gasteiger partial charge in [-0.2, -0.15) is 0 Å². The van der Waals surface area contributed by atoms with Gasteiger partial charge >= 0.3 is 0 Å². The summed E-state index contributed by atoms with van der Waals surface area (Å²) in [5, 5.41) is 0. The molecule has 1 atom stereocenters. The van der Waals surface area contributed by atoms with E-state index in [0.717, 1.165) is 0 Å². The van der Waals surface area contributed by atoms with Crippen molar-refractivity contribution in [1.82, 2.24) is 4.90 Å². The molecule has 0 aromatic carbocycles. The Hall–Kier alpha value is 0.270. The molecule has 0 heterocycles. The maximum absolute atomic E-state index is 8.76. The van der Waals surface area contributed by atoms with Crippen molar-refractivity contribution >= 4 is 8.53 Å². The molecule has 3 N–H and O–H groups in total. The van der Waals surface area contributed by atoms with E-state index in [1.54, 1.807) is 0 Å². The monoisotopic (exact) mass is 194 g/mol. The molecule has 0 spiro atoms. The minimum absolute atomic E-state index is 0.397. The lowest BCUT2D eigenvalue weighted by atomic mass is 10.2. The molecule has 0 aliphatic rings. The third kappa shape index (κ3) is 5.01. The Morgan fingerprint density at radius 2 is 1.75 bits per heavy atom. The SMILES string of the molecule is CC(C)N(COP(N)O)C(C)C. The summed E-state index contributed by atoms with van der Waals surface area (Å²) >= 11 is 0. The predicted molar refractivity (Wildman–Crippen MR) is 51.4 cm³/mol. The molecular formula is C7H19N2O2P. The highest BCUT2D eigenvalue weighted by Gasteiger charge is 2.13. The van der Waals surface area contributed by atoms with Crippen molar-refractivity contribution in [2.45, 2.75) is 39.8 Å². The number of nitrogens with zero attached hydrogens (tertiary/aromatic N) is 1. The Morgan fingerprint density at radius 1 is 1.33 bits per heavy atom. The summed E-state index contributed by atoms with van der Waals surface area (Å²) in [6, 6.07) is 0.805. The lowest BCUT2D eigenvalue weighted by Crippen LogP contribution is -2.38. The van der Waals surface area contributed by atoms with Crippen LogP contribution in [0.4, 0.5) is 0 Å². The number of hydrogen-bond donors (Lipinski definition) is 2. The average molecular weight is 194 g/mol. The van der Waals surface area contributed by atoms with Gasteiger partial charge in [-0.1, -0.05) is 0 Å². The molecule has 0 fully saturated rings. The van der Waals surface area contributed by atoms with Crippen LogP contribution in [0, 0.1) is 0 Å². The van der Waals surface area contributed by atoms with E-state index in [0.29, 0.717) is 18.8 Å². The Balaban J connectivity index is 3.80. The van der Waals surface area contributed by atoms with Gasteiger partial charge in [-0.05, 0) is 27.7 Å². The summed E-state index contributed by atoms with van der Waals surface area (Å²) in [7, 11) is -1.72. The van der Waals surface area contributed by atoms with Crippen molar-refractivity contribution in [3.05, 3.63) is 0 Å². The second kappa shape index (κ2) is 5.84. The van der Waals surface area contributed by atoms with Gasteiger partial charge in [-0.25, -0.2) is 0 Å². The third-order valence-electron chi connectivity index (χ3n) is 1.67. The van der Waals surface area contributed by atoms with Crippen LogP contribution in [0.2, 0.25) is 0 Å². The highest BCUT2D eigenvalue weighted by molar-refractivity contribution is 7.43. The lowest BCUT2D eigenvalue weighted by Gasteiger charge is -2.29. The van der Waals surface area contributed by atoms with Crippen molar-refractivity contribution in [3.63, 3.8) is 0 Å². The Morgan fingerprint density at radius 3 is 2.00 bits per heavy atom. The fourth-order valence-corrected chi connectivity index (χ4v) is 1.27. The minimum Gasteiger partial charge on any atom is -0.338 e. The van der Waals surface area contributed by atoms with Gasteiger partial charge in [-0.3, -0.25) is 10.4 Å². The van der Waals surface area contributed by atoms with Gasteiger partial charge in [0.25, 0.3) is 8.53 Å². The molecular weight excluding hydrogens is 175 g/mol. The third-order valence-corrected chi connectivity index (χ3v) is 2.05. The van der Waals surface area contributed by atoms with Gasteiger partial charge in [0, 0.05) is 12.1 Å². The molecule has 0 aliphatic heterocycles. The molecule has 12 heavy (non-hydrogen) atoms. The van der Waals surface area contributed by atoms with E-state index in [9.17, 15) is 0 Å². The maximum atomic E-state index is 8.76. The molecule has 0 amide bonds. The average Bonchev–Trinajstić information content (AvgIpc) is 1.84. The zero-order valence-corrected chi connectivity index (χ0v) is 9.08. The highest BCUT2D eigenvalue weighted by atomic mass is 31.2. The summed E-state index contributed by atoms with van der Waals surface area (Å²) < 4.78 is 4.95. The van der Waals surface area contributed by atoms with E-state index < -0.39 is 8.53 Å². The molecule has 0 radical (unpaired) electrons. The van der Waals surface area contributed by atoms with E-state index >= 15 is 0 Å². The molecule has 0 aromatic rings. The number of hydrogen-bond acceptors (Lipinski definition) is 4. The first kappa shape index (κ1) is 12.3. The van der Waals surface area contributed by atoms with Crippen LogP contribution < -0.4 is 5.50 Å². The van der Waals surface area contributed by atoms with Crippen molar-refractivity contribution in [2.75, 3.05) is 6.73 Å². The van der Waals surface area contributed by atoms with Crippen LogP contribution in [-0.2, 0) is 4.52 Å². The lowest BCUT2D eigenvalue weighted by molar-refractivity contribution is 0.0702. The van der Waals surface area contributed by atoms with Crippen LogP contribution in [0.15, 0.2) is 0 Å². The van der Waals surface area contributed by atoms with Gasteiger partial charge in [0.1, 0.15) is 6.73 Å².